The van der Waals surface area contributed by atoms with Gasteiger partial charge in [0.25, 0.3) is 0 Å². The summed E-state index contributed by atoms with van der Waals surface area (Å²) in [4.78, 5) is 9.31. The predicted octanol–water partition coefficient (Wildman–Crippen LogP) is 5.54. The molecule has 134 valence electrons. The molecule has 5 heteroatoms. The Labute approximate surface area is 162 Å². The number of hydrogen-bond donors (Lipinski definition) is 0. The van der Waals surface area contributed by atoms with E-state index in [2.05, 4.69) is 9.97 Å². The highest BCUT2D eigenvalue weighted by atomic mass is 35.5. The molecule has 1 heterocycles. The average Bonchev–Trinajstić information content (AvgIpc) is 2.72. The molecule has 0 N–H and O–H groups in total. The third-order valence-corrected chi connectivity index (χ3v) is 4.43. The van der Waals surface area contributed by atoms with Crippen LogP contribution in [0.1, 0.15) is 5.56 Å². The second-order valence-corrected chi connectivity index (χ2v) is 6.45. The first-order chi connectivity index (χ1) is 13.2. The lowest BCUT2D eigenvalue weighted by molar-refractivity contribution is 0.297. The fraction of sp³-hybridized carbons (Fsp3) is 0.0909. The Balaban J connectivity index is 1.70. The number of fused-ring (bicyclic) bond motifs is 1. The summed E-state index contributed by atoms with van der Waals surface area (Å²) in [7, 11) is 1.65. The largest absolute Gasteiger partial charge is 0.497 e. The molecule has 4 nitrogen and oxygen atoms in total. The van der Waals surface area contributed by atoms with Crippen LogP contribution in [0.25, 0.3) is 22.3 Å². The van der Waals surface area contributed by atoms with Crippen LogP contribution in [0.15, 0.2) is 72.8 Å². The van der Waals surface area contributed by atoms with Gasteiger partial charge in [0.1, 0.15) is 12.4 Å². The molecule has 0 saturated carbocycles. The summed E-state index contributed by atoms with van der Waals surface area (Å²) in [6.45, 7) is 0.387. The third kappa shape index (κ3) is 3.86. The van der Waals surface area contributed by atoms with Gasteiger partial charge < -0.3 is 9.47 Å². The molecule has 4 rings (SSSR count). The summed E-state index contributed by atoms with van der Waals surface area (Å²) in [5.74, 6) is 1.95. The van der Waals surface area contributed by atoms with Gasteiger partial charge in [-0.1, -0.05) is 35.9 Å². The molecule has 0 fully saturated rings. The molecule has 4 aromatic rings. The molecule has 27 heavy (non-hydrogen) atoms. The van der Waals surface area contributed by atoms with Gasteiger partial charge in [0.05, 0.1) is 18.0 Å². The third-order valence-electron chi connectivity index (χ3n) is 4.18. The van der Waals surface area contributed by atoms with E-state index in [1.165, 1.54) is 0 Å². The highest BCUT2D eigenvalue weighted by Gasteiger charge is 2.11. The molecule has 0 aliphatic carbocycles. The maximum absolute atomic E-state index is 6.06. The number of halogens is 1. The van der Waals surface area contributed by atoms with Crippen LogP contribution < -0.4 is 9.47 Å². The summed E-state index contributed by atoms with van der Waals surface area (Å²) in [5, 5.41) is 1.55. The Morgan fingerprint density at radius 2 is 1.70 bits per heavy atom. The van der Waals surface area contributed by atoms with Crippen molar-refractivity contribution in [2.24, 2.45) is 0 Å². The quantitative estimate of drug-likeness (QED) is 0.459. The Kier molecular flexibility index (Phi) is 4.90. The van der Waals surface area contributed by atoms with Gasteiger partial charge in [0.2, 0.25) is 5.88 Å². The molecule has 0 spiro atoms. The lowest BCUT2D eigenvalue weighted by Gasteiger charge is -2.11. The van der Waals surface area contributed by atoms with Crippen molar-refractivity contribution in [2.75, 3.05) is 7.11 Å². The van der Waals surface area contributed by atoms with E-state index in [0.29, 0.717) is 23.3 Å². The molecule has 3 aromatic carbocycles. The fourth-order valence-corrected chi connectivity index (χ4v) is 2.93. The predicted molar refractivity (Wildman–Crippen MR) is 107 cm³/mol. The van der Waals surface area contributed by atoms with Gasteiger partial charge >= 0.3 is 0 Å². The van der Waals surface area contributed by atoms with Crippen molar-refractivity contribution in [1.29, 1.82) is 0 Å². The van der Waals surface area contributed by atoms with Gasteiger partial charge in [0.15, 0.2) is 5.82 Å². The molecular formula is C22H17ClN2O2. The SMILES string of the molecule is COc1cccc(COc2nc(-c3ccc(Cl)cc3)nc3ccccc23)c1. The zero-order chi connectivity index (χ0) is 18.6. The van der Waals surface area contributed by atoms with Gasteiger partial charge in [-0.15, -0.1) is 0 Å². The molecule has 1 aromatic heterocycles. The number of ether oxygens (including phenoxy) is 2. The molecule has 0 aliphatic rings. The normalized spacial score (nSPS) is 10.7. The highest BCUT2D eigenvalue weighted by molar-refractivity contribution is 6.30. The van der Waals surface area contributed by atoms with Crippen LogP contribution in [0, 0.1) is 0 Å². The number of rotatable bonds is 5. The van der Waals surface area contributed by atoms with Gasteiger partial charge in [-0.25, -0.2) is 4.98 Å². The minimum atomic E-state index is 0.387. The molecular weight excluding hydrogens is 360 g/mol. The minimum absolute atomic E-state index is 0.387. The first kappa shape index (κ1) is 17.3. The molecule has 0 saturated heterocycles. The summed E-state index contributed by atoms with van der Waals surface area (Å²) < 4.78 is 11.3. The smallest absolute Gasteiger partial charge is 0.225 e. The molecule has 0 unspecified atom stereocenters. The molecule has 0 amide bonds. The topological polar surface area (TPSA) is 44.2 Å². The van der Waals surface area contributed by atoms with Crippen LogP contribution in [0.2, 0.25) is 5.02 Å². The lowest BCUT2D eigenvalue weighted by atomic mass is 10.2. The van der Waals surface area contributed by atoms with E-state index in [4.69, 9.17) is 21.1 Å². The van der Waals surface area contributed by atoms with Crippen molar-refractivity contribution >= 4 is 22.5 Å². The van der Waals surface area contributed by atoms with Gasteiger partial charge in [-0.05, 0) is 54.1 Å². The molecule has 0 aliphatic heterocycles. The van der Waals surface area contributed by atoms with Crippen molar-refractivity contribution < 1.29 is 9.47 Å². The Bertz CT molecular complexity index is 1080. The Hall–Kier alpha value is -3.11. The lowest BCUT2D eigenvalue weighted by Crippen LogP contribution is -2.01. The van der Waals surface area contributed by atoms with Crippen LogP contribution in [-0.2, 0) is 6.61 Å². The van der Waals surface area contributed by atoms with Crippen molar-refractivity contribution in [2.45, 2.75) is 6.61 Å². The monoisotopic (exact) mass is 376 g/mol. The van der Waals surface area contributed by atoms with E-state index in [-0.39, 0.29) is 0 Å². The standard InChI is InChI=1S/C22H17ClN2O2/c1-26-18-6-4-5-15(13-18)14-27-22-19-7-2-3-8-20(19)24-21(25-22)16-9-11-17(23)12-10-16/h2-13H,14H2,1H3. The number of aromatic nitrogens is 2. The van der Waals surface area contributed by atoms with Crippen LogP contribution in [0.4, 0.5) is 0 Å². The van der Waals surface area contributed by atoms with Crippen molar-refractivity contribution in [3.05, 3.63) is 83.4 Å². The summed E-state index contributed by atoms with van der Waals surface area (Å²) in [5.41, 5.74) is 2.72. The highest BCUT2D eigenvalue weighted by Crippen LogP contribution is 2.28. The van der Waals surface area contributed by atoms with E-state index in [1.807, 2.05) is 72.8 Å². The zero-order valence-electron chi connectivity index (χ0n) is 14.7. The Morgan fingerprint density at radius 1 is 0.889 bits per heavy atom. The van der Waals surface area contributed by atoms with E-state index >= 15 is 0 Å². The second kappa shape index (κ2) is 7.64. The minimum Gasteiger partial charge on any atom is -0.497 e. The van der Waals surface area contributed by atoms with Gasteiger partial charge in [-0.3, -0.25) is 0 Å². The summed E-state index contributed by atoms with van der Waals surface area (Å²) >= 11 is 5.99. The van der Waals surface area contributed by atoms with Crippen LogP contribution in [0.3, 0.4) is 0 Å². The first-order valence-corrected chi connectivity index (χ1v) is 8.89. The van der Waals surface area contributed by atoms with Crippen LogP contribution >= 0.6 is 11.6 Å². The Morgan fingerprint density at radius 3 is 2.52 bits per heavy atom. The number of hydrogen-bond acceptors (Lipinski definition) is 4. The zero-order valence-corrected chi connectivity index (χ0v) is 15.5. The first-order valence-electron chi connectivity index (χ1n) is 8.51. The average molecular weight is 377 g/mol. The van der Waals surface area contributed by atoms with Gasteiger partial charge in [0, 0.05) is 10.6 Å². The van der Waals surface area contributed by atoms with Crippen LogP contribution in [-0.4, -0.2) is 17.1 Å². The number of methoxy groups -OCH3 is 1. The second-order valence-electron chi connectivity index (χ2n) is 6.02. The van der Waals surface area contributed by atoms with Gasteiger partial charge in [-0.2, -0.15) is 4.98 Å². The number of para-hydroxylation sites is 1. The van der Waals surface area contributed by atoms with Crippen LogP contribution in [0.5, 0.6) is 11.6 Å². The maximum atomic E-state index is 6.06. The van der Waals surface area contributed by atoms with Crippen molar-refractivity contribution in [3.8, 4) is 23.0 Å². The van der Waals surface area contributed by atoms with E-state index in [1.54, 1.807) is 7.11 Å². The van der Waals surface area contributed by atoms with E-state index < -0.39 is 0 Å². The summed E-state index contributed by atoms with van der Waals surface area (Å²) in [6.07, 6.45) is 0. The van der Waals surface area contributed by atoms with E-state index in [9.17, 15) is 0 Å². The van der Waals surface area contributed by atoms with Crippen molar-refractivity contribution in [1.82, 2.24) is 9.97 Å². The molecule has 0 radical (unpaired) electrons. The number of benzene rings is 3. The van der Waals surface area contributed by atoms with E-state index in [0.717, 1.165) is 27.8 Å². The number of nitrogens with zero attached hydrogens (tertiary/aromatic N) is 2. The molecule has 0 bridgehead atoms. The molecule has 0 atom stereocenters. The maximum Gasteiger partial charge on any atom is 0.225 e. The fourth-order valence-electron chi connectivity index (χ4n) is 2.80. The van der Waals surface area contributed by atoms with Crippen molar-refractivity contribution in [3.63, 3.8) is 0 Å². The summed E-state index contributed by atoms with van der Waals surface area (Å²) in [6, 6.07) is 23.1.